The van der Waals surface area contributed by atoms with Crippen LogP contribution in [0.3, 0.4) is 0 Å². The third-order valence-corrected chi connectivity index (χ3v) is 9.58. The number of hydrogen-bond acceptors (Lipinski definition) is 3. The highest BCUT2D eigenvalue weighted by Crippen LogP contribution is 2.64. The van der Waals surface area contributed by atoms with E-state index < -0.39 is 5.60 Å². The van der Waals surface area contributed by atoms with Gasteiger partial charge in [0.15, 0.2) is 5.78 Å². The SMILES string of the molecule is C=C(Cn1ccc(C(C)=O)n1)[C@H]1CC[C@H]2[C@@H]3CC=C4C[C@](C)(O)CC[C@@H]4[C@H]3CC[C@]12C. The number of Topliss-reactive ketones (excluding diaryl/α,β-unsaturated/α-hetero) is 1. The highest BCUT2D eigenvalue weighted by molar-refractivity contribution is 5.91. The first-order valence-electron chi connectivity index (χ1n) is 12.3. The summed E-state index contributed by atoms with van der Waals surface area (Å²) < 4.78 is 1.89. The van der Waals surface area contributed by atoms with Crippen LogP contribution in [0.25, 0.3) is 0 Å². The summed E-state index contributed by atoms with van der Waals surface area (Å²) >= 11 is 0. The monoisotopic (exact) mass is 422 g/mol. The van der Waals surface area contributed by atoms with Crippen LogP contribution in [0.4, 0.5) is 0 Å². The Kier molecular flexibility index (Phi) is 5.08. The summed E-state index contributed by atoms with van der Waals surface area (Å²) in [7, 11) is 0. The highest BCUT2D eigenvalue weighted by atomic mass is 16.3. The zero-order valence-electron chi connectivity index (χ0n) is 19.4. The molecule has 0 saturated heterocycles. The predicted octanol–water partition coefficient (Wildman–Crippen LogP) is 5.58. The molecule has 4 nitrogen and oxygen atoms in total. The third-order valence-electron chi connectivity index (χ3n) is 9.58. The third kappa shape index (κ3) is 3.55. The van der Waals surface area contributed by atoms with E-state index in [1.807, 2.05) is 23.9 Å². The lowest BCUT2D eigenvalue weighted by molar-refractivity contribution is -0.0293. The van der Waals surface area contributed by atoms with Crippen molar-refractivity contribution in [2.24, 2.45) is 35.0 Å². The second-order valence-corrected chi connectivity index (χ2v) is 11.6. The van der Waals surface area contributed by atoms with Crippen LogP contribution < -0.4 is 0 Å². The number of aliphatic hydroxyl groups is 1. The van der Waals surface area contributed by atoms with E-state index in [1.165, 1.54) is 37.7 Å². The first-order chi connectivity index (χ1) is 14.7. The first-order valence-corrected chi connectivity index (χ1v) is 12.3. The largest absolute Gasteiger partial charge is 0.390 e. The van der Waals surface area contributed by atoms with E-state index in [1.54, 1.807) is 12.5 Å². The van der Waals surface area contributed by atoms with Crippen LogP contribution in [0.1, 0.15) is 82.6 Å². The van der Waals surface area contributed by atoms with Crippen molar-refractivity contribution in [2.45, 2.75) is 84.3 Å². The maximum Gasteiger partial charge on any atom is 0.179 e. The van der Waals surface area contributed by atoms with Crippen LogP contribution in [-0.2, 0) is 6.54 Å². The molecule has 0 unspecified atom stereocenters. The zero-order chi connectivity index (χ0) is 22.0. The normalized spacial score (nSPS) is 41.7. The Labute approximate surface area is 186 Å². The Morgan fingerprint density at radius 1 is 1.23 bits per heavy atom. The van der Waals surface area contributed by atoms with E-state index >= 15 is 0 Å². The molecule has 31 heavy (non-hydrogen) atoms. The van der Waals surface area contributed by atoms with Gasteiger partial charge in [0.05, 0.1) is 12.1 Å². The Morgan fingerprint density at radius 3 is 2.77 bits per heavy atom. The molecular formula is C27H38N2O2. The van der Waals surface area contributed by atoms with Crippen LogP contribution in [0, 0.1) is 35.0 Å². The molecule has 5 rings (SSSR count). The number of carbonyl (C=O) groups is 1. The molecule has 3 fully saturated rings. The van der Waals surface area contributed by atoms with Crippen molar-refractivity contribution >= 4 is 5.78 Å². The van der Waals surface area contributed by atoms with Gasteiger partial charge in [-0.3, -0.25) is 9.48 Å². The summed E-state index contributed by atoms with van der Waals surface area (Å²) in [5.41, 5.74) is 3.21. The lowest BCUT2D eigenvalue weighted by atomic mass is 9.51. The van der Waals surface area contributed by atoms with Crippen LogP contribution in [0.5, 0.6) is 0 Å². The van der Waals surface area contributed by atoms with Gasteiger partial charge in [-0.1, -0.05) is 30.7 Å². The van der Waals surface area contributed by atoms with E-state index in [-0.39, 0.29) is 5.78 Å². The predicted molar refractivity (Wildman–Crippen MR) is 123 cm³/mol. The first kappa shape index (κ1) is 21.2. The lowest BCUT2D eigenvalue weighted by Gasteiger charge is -2.54. The van der Waals surface area contributed by atoms with Crippen LogP contribution >= 0.6 is 0 Å². The summed E-state index contributed by atoms with van der Waals surface area (Å²) in [6.45, 7) is 11.4. The number of nitrogens with zero attached hydrogens (tertiary/aromatic N) is 2. The average Bonchev–Trinajstić information content (AvgIpc) is 3.31. The molecule has 0 amide bonds. The molecule has 1 heterocycles. The summed E-state index contributed by atoms with van der Waals surface area (Å²) in [6.07, 6.45) is 13.8. The van der Waals surface area contributed by atoms with Crippen molar-refractivity contribution in [3.8, 4) is 0 Å². The molecule has 0 radical (unpaired) electrons. The maximum absolute atomic E-state index is 11.6. The second-order valence-electron chi connectivity index (χ2n) is 11.6. The van der Waals surface area contributed by atoms with Crippen LogP contribution in [-0.4, -0.2) is 26.3 Å². The zero-order valence-corrected chi connectivity index (χ0v) is 19.4. The van der Waals surface area contributed by atoms with E-state index in [0.717, 1.165) is 43.6 Å². The molecule has 0 aromatic carbocycles. The molecule has 3 saturated carbocycles. The van der Waals surface area contributed by atoms with E-state index in [9.17, 15) is 9.90 Å². The van der Waals surface area contributed by atoms with E-state index in [2.05, 4.69) is 24.7 Å². The molecule has 4 heteroatoms. The average molecular weight is 423 g/mol. The molecule has 7 atom stereocenters. The van der Waals surface area contributed by atoms with Gasteiger partial charge in [-0.15, -0.1) is 0 Å². The number of fused-ring (bicyclic) bond motifs is 5. The van der Waals surface area contributed by atoms with Gasteiger partial charge in [0.2, 0.25) is 0 Å². The summed E-state index contributed by atoms with van der Waals surface area (Å²) in [5, 5.41) is 15.0. The van der Waals surface area contributed by atoms with Gasteiger partial charge < -0.3 is 5.11 Å². The van der Waals surface area contributed by atoms with E-state index in [0.29, 0.717) is 22.9 Å². The minimum Gasteiger partial charge on any atom is -0.390 e. The van der Waals surface area contributed by atoms with Gasteiger partial charge in [-0.05, 0) is 99.4 Å². The molecule has 0 aliphatic heterocycles. The van der Waals surface area contributed by atoms with Crippen LogP contribution in [0.15, 0.2) is 36.1 Å². The van der Waals surface area contributed by atoms with Gasteiger partial charge in [0.1, 0.15) is 5.69 Å². The molecule has 4 aliphatic rings. The van der Waals surface area contributed by atoms with Crippen molar-refractivity contribution in [1.82, 2.24) is 9.78 Å². The van der Waals surface area contributed by atoms with Crippen molar-refractivity contribution in [2.75, 3.05) is 0 Å². The minimum absolute atomic E-state index is 0.0181. The van der Waals surface area contributed by atoms with Crippen molar-refractivity contribution < 1.29 is 9.90 Å². The summed E-state index contributed by atoms with van der Waals surface area (Å²) in [4.78, 5) is 11.6. The Morgan fingerprint density at radius 2 is 2.03 bits per heavy atom. The molecule has 4 aliphatic carbocycles. The van der Waals surface area contributed by atoms with Gasteiger partial charge in [-0.25, -0.2) is 0 Å². The molecular weight excluding hydrogens is 384 g/mol. The number of aromatic nitrogens is 2. The molecule has 1 N–H and O–H groups in total. The Balaban J connectivity index is 1.32. The highest BCUT2D eigenvalue weighted by Gasteiger charge is 2.56. The fourth-order valence-electron chi connectivity index (χ4n) is 8.09. The maximum atomic E-state index is 11.6. The standard InChI is InChI=1S/C27H38N2O2/c1-17(16-29-14-11-25(28-29)18(2)30)23-7-8-24-22-6-5-19-15-26(3,31)12-9-20(19)21(22)10-13-27(23,24)4/h5,11,14,20-24,31H,1,6-10,12-13,15-16H2,2-4H3/t20-,21+,22+,23+,24-,26+,27+/m0/s1. The topological polar surface area (TPSA) is 55.1 Å². The quantitative estimate of drug-likeness (QED) is 0.509. The van der Waals surface area contributed by atoms with Gasteiger partial charge >= 0.3 is 0 Å². The second kappa shape index (κ2) is 7.43. The van der Waals surface area contributed by atoms with Crippen molar-refractivity contribution in [1.29, 1.82) is 0 Å². The number of carbonyl (C=O) groups excluding carboxylic acids is 1. The molecule has 1 aromatic rings. The summed E-state index contributed by atoms with van der Waals surface area (Å²) in [5.74, 6) is 3.65. The van der Waals surface area contributed by atoms with Crippen LogP contribution in [0.2, 0.25) is 0 Å². The summed E-state index contributed by atoms with van der Waals surface area (Å²) in [6, 6.07) is 1.81. The number of hydrogen-bond donors (Lipinski definition) is 1. The number of ketones is 1. The Hall–Kier alpha value is -1.68. The fraction of sp³-hybridized carbons (Fsp3) is 0.704. The van der Waals surface area contributed by atoms with Crippen molar-refractivity contribution in [3.05, 3.63) is 41.8 Å². The minimum atomic E-state index is -0.497. The number of rotatable bonds is 4. The van der Waals surface area contributed by atoms with E-state index in [4.69, 9.17) is 0 Å². The molecule has 0 spiro atoms. The van der Waals surface area contributed by atoms with Gasteiger partial charge in [0, 0.05) is 13.1 Å². The smallest absolute Gasteiger partial charge is 0.179 e. The fourth-order valence-corrected chi connectivity index (χ4v) is 8.09. The molecule has 1 aromatic heterocycles. The lowest BCUT2D eigenvalue weighted by Crippen LogP contribution is -2.47. The van der Waals surface area contributed by atoms with Gasteiger partial charge in [-0.2, -0.15) is 5.10 Å². The van der Waals surface area contributed by atoms with Crippen molar-refractivity contribution in [3.63, 3.8) is 0 Å². The molecule has 168 valence electrons. The Bertz CT molecular complexity index is 925. The molecule has 0 bridgehead atoms. The number of allylic oxidation sites excluding steroid dienone is 2. The van der Waals surface area contributed by atoms with Gasteiger partial charge in [0.25, 0.3) is 0 Å².